The molecule has 1 saturated carbocycles. The maximum Gasteiger partial charge on any atom is 0.292 e. The number of benzene rings is 1. The fourth-order valence-corrected chi connectivity index (χ4v) is 2.23. The van der Waals surface area contributed by atoms with Crippen LogP contribution in [0.4, 0.5) is 11.4 Å². The molecule has 0 radical (unpaired) electrons. The van der Waals surface area contributed by atoms with E-state index in [1.165, 1.54) is 12.8 Å². The molecule has 0 spiro atoms. The molecule has 0 aromatic heterocycles. The van der Waals surface area contributed by atoms with Gasteiger partial charge in [0.15, 0.2) is 0 Å². The Bertz CT molecular complexity index is 384. The van der Waals surface area contributed by atoms with Crippen molar-refractivity contribution in [3.05, 3.63) is 33.9 Å². The number of nitro benzene ring substituents is 1. The normalized spacial score (nSPS) is 16.8. The molecule has 0 amide bonds. The second-order valence-corrected chi connectivity index (χ2v) is 4.06. The third-order valence-corrected chi connectivity index (χ3v) is 3.08. The van der Waals surface area contributed by atoms with E-state index in [-0.39, 0.29) is 11.4 Å². The summed E-state index contributed by atoms with van der Waals surface area (Å²) in [5, 5.41) is 10.7. The highest BCUT2D eigenvalue weighted by Gasteiger charge is 2.20. The Labute approximate surface area is 88.2 Å². The summed E-state index contributed by atoms with van der Waals surface area (Å²) >= 11 is 0. The number of hydrogen-bond acceptors (Lipinski definition) is 3. The maximum atomic E-state index is 10.7. The van der Waals surface area contributed by atoms with Gasteiger partial charge in [-0.2, -0.15) is 0 Å². The van der Waals surface area contributed by atoms with E-state index in [1.807, 2.05) is 6.07 Å². The Morgan fingerprint density at radius 1 is 1.33 bits per heavy atom. The molecule has 2 N–H and O–H groups in total. The van der Waals surface area contributed by atoms with Crippen LogP contribution in [0.15, 0.2) is 18.2 Å². The number of rotatable bonds is 2. The molecule has 0 unspecified atom stereocenters. The summed E-state index contributed by atoms with van der Waals surface area (Å²) in [6, 6.07) is 5.19. The molecule has 0 atom stereocenters. The molecule has 1 aromatic carbocycles. The van der Waals surface area contributed by atoms with E-state index >= 15 is 0 Å². The van der Waals surface area contributed by atoms with Gasteiger partial charge in [-0.15, -0.1) is 0 Å². The van der Waals surface area contributed by atoms with Crippen LogP contribution in [-0.4, -0.2) is 4.92 Å². The second kappa shape index (κ2) is 3.88. The van der Waals surface area contributed by atoms with Gasteiger partial charge in [0.25, 0.3) is 5.69 Å². The van der Waals surface area contributed by atoms with E-state index in [9.17, 15) is 10.1 Å². The average molecular weight is 206 g/mol. The summed E-state index contributed by atoms with van der Waals surface area (Å²) in [5.41, 5.74) is 6.90. The highest BCUT2D eigenvalue weighted by atomic mass is 16.6. The fraction of sp³-hybridized carbons (Fsp3) is 0.455. The van der Waals surface area contributed by atoms with Gasteiger partial charge in [-0.3, -0.25) is 10.1 Å². The number of nitrogen functional groups attached to an aromatic ring is 1. The first-order valence-corrected chi connectivity index (χ1v) is 5.22. The molecule has 4 nitrogen and oxygen atoms in total. The highest BCUT2D eigenvalue weighted by molar-refractivity contribution is 5.59. The molecule has 15 heavy (non-hydrogen) atoms. The first-order valence-electron chi connectivity index (χ1n) is 5.22. The quantitative estimate of drug-likeness (QED) is 0.459. The predicted molar refractivity (Wildman–Crippen MR) is 58.7 cm³/mol. The highest BCUT2D eigenvalue weighted by Crippen LogP contribution is 2.36. The maximum absolute atomic E-state index is 10.7. The summed E-state index contributed by atoms with van der Waals surface area (Å²) in [5.74, 6) is 0.490. The van der Waals surface area contributed by atoms with E-state index in [0.717, 1.165) is 18.4 Å². The van der Waals surface area contributed by atoms with Gasteiger partial charge >= 0.3 is 0 Å². The fourth-order valence-electron chi connectivity index (χ4n) is 2.23. The summed E-state index contributed by atoms with van der Waals surface area (Å²) in [4.78, 5) is 10.3. The monoisotopic (exact) mass is 206 g/mol. The van der Waals surface area contributed by atoms with Crippen molar-refractivity contribution in [2.24, 2.45) is 0 Å². The first kappa shape index (κ1) is 9.96. The molecule has 0 saturated heterocycles. The molecule has 0 heterocycles. The van der Waals surface area contributed by atoms with E-state index in [0.29, 0.717) is 5.92 Å². The van der Waals surface area contributed by atoms with Gasteiger partial charge in [-0.05, 0) is 30.4 Å². The third-order valence-electron chi connectivity index (χ3n) is 3.08. The lowest BCUT2D eigenvalue weighted by Crippen LogP contribution is -1.99. The molecule has 1 aliphatic rings. The molecule has 1 aliphatic carbocycles. The second-order valence-electron chi connectivity index (χ2n) is 4.06. The van der Waals surface area contributed by atoms with E-state index in [1.54, 1.807) is 12.1 Å². The van der Waals surface area contributed by atoms with Gasteiger partial charge < -0.3 is 5.73 Å². The molecule has 0 aliphatic heterocycles. The number of nitro groups is 1. The SMILES string of the molecule is Nc1ccc(C2CCCC2)cc1[N+](=O)[O-]. The van der Waals surface area contributed by atoms with Crippen molar-refractivity contribution < 1.29 is 4.92 Å². The number of hydrogen-bond donors (Lipinski definition) is 1. The van der Waals surface area contributed by atoms with Crippen LogP contribution in [0.25, 0.3) is 0 Å². The Morgan fingerprint density at radius 3 is 2.60 bits per heavy atom. The van der Waals surface area contributed by atoms with Crippen molar-refractivity contribution in [2.45, 2.75) is 31.6 Å². The van der Waals surface area contributed by atoms with Crippen molar-refractivity contribution in [1.29, 1.82) is 0 Å². The van der Waals surface area contributed by atoms with E-state index < -0.39 is 4.92 Å². The van der Waals surface area contributed by atoms with Crippen molar-refractivity contribution >= 4 is 11.4 Å². The van der Waals surface area contributed by atoms with Gasteiger partial charge in [0.2, 0.25) is 0 Å². The lowest BCUT2D eigenvalue weighted by Gasteiger charge is -2.09. The standard InChI is InChI=1S/C11H14N2O2/c12-10-6-5-9(7-11(10)13(14)15)8-3-1-2-4-8/h5-8H,1-4,12H2. The zero-order valence-electron chi connectivity index (χ0n) is 8.48. The van der Waals surface area contributed by atoms with Crippen LogP contribution in [0.3, 0.4) is 0 Å². The molecular formula is C11H14N2O2. The number of nitrogens with two attached hydrogens (primary N) is 1. The van der Waals surface area contributed by atoms with Gasteiger partial charge in [0, 0.05) is 6.07 Å². The molecular weight excluding hydrogens is 192 g/mol. The van der Waals surface area contributed by atoms with Crippen LogP contribution in [0.5, 0.6) is 0 Å². The molecule has 4 heteroatoms. The minimum absolute atomic E-state index is 0.0411. The number of anilines is 1. The smallest absolute Gasteiger partial charge is 0.292 e. The molecule has 80 valence electrons. The zero-order chi connectivity index (χ0) is 10.8. The van der Waals surface area contributed by atoms with Gasteiger partial charge in [0.05, 0.1) is 4.92 Å². The predicted octanol–water partition coefficient (Wildman–Crippen LogP) is 2.83. The van der Waals surface area contributed by atoms with Crippen LogP contribution in [0.1, 0.15) is 37.2 Å². The Hall–Kier alpha value is -1.58. The van der Waals surface area contributed by atoms with Crippen LogP contribution in [0, 0.1) is 10.1 Å². The Balaban J connectivity index is 2.33. The van der Waals surface area contributed by atoms with Crippen molar-refractivity contribution in [3.8, 4) is 0 Å². The van der Waals surface area contributed by atoms with Crippen LogP contribution < -0.4 is 5.73 Å². The number of nitrogens with zero attached hydrogens (tertiary/aromatic N) is 1. The molecule has 1 aromatic rings. The Kier molecular flexibility index (Phi) is 2.58. The van der Waals surface area contributed by atoms with Gasteiger partial charge in [-0.25, -0.2) is 0 Å². The summed E-state index contributed by atoms with van der Waals surface area (Å²) in [6.07, 6.45) is 4.73. The lowest BCUT2D eigenvalue weighted by molar-refractivity contribution is -0.384. The minimum atomic E-state index is -0.409. The summed E-state index contributed by atoms with van der Waals surface area (Å²) in [7, 11) is 0. The average Bonchev–Trinajstić information content (AvgIpc) is 2.71. The van der Waals surface area contributed by atoms with Gasteiger partial charge in [0.1, 0.15) is 5.69 Å². The van der Waals surface area contributed by atoms with Crippen LogP contribution in [-0.2, 0) is 0 Å². The lowest BCUT2D eigenvalue weighted by atomic mass is 9.97. The first-order chi connectivity index (χ1) is 7.18. The van der Waals surface area contributed by atoms with E-state index in [2.05, 4.69) is 0 Å². The van der Waals surface area contributed by atoms with Crippen LogP contribution >= 0.6 is 0 Å². The molecule has 0 bridgehead atoms. The van der Waals surface area contributed by atoms with Crippen molar-refractivity contribution in [1.82, 2.24) is 0 Å². The summed E-state index contributed by atoms with van der Waals surface area (Å²) in [6.45, 7) is 0. The molecule has 2 rings (SSSR count). The topological polar surface area (TPSA) is 69.2 Å². The third kappa shape index (κ3) is 1.93. The minimum Gasteiger partial charge on any atom is -0.393 e. The van der Waals surface area contributed by atoms with Crippen molar-refractivity contribution in [3.63, 3.8) is 0 Å². The zero-order valence-corrected chi connectivity index (χ0v) is 8.48. The molecule has 1 fully saturated rings. The van der Waals surface area contributed by atoms with Crippen LogP contribution in [0.2, 0.25) is 0 Å². The Morgan fingerprint density at radius 2 is 2.00 bits per heavy atom. The van der Waals surface area contributed by atoms with Gasteiger partial charge in [-0.1, -0.05) is 18.9 Å². The largest absolute Gasteiger partial charge is 0.393 e. The van der Waals surface area contributed by atoms with E-state index in [4.69, 9.17) is 5.73 Å². The van der Waals surface area contributed by atoms with Crippen molar-refractivity contribution in [2.75, 3.05) is 5.73 Å². The summed E-state index contributed by atoms with van der Waals surface area (Å²) < 4.78 is 0.